The first-order valence-electron chi connectivity index (χ1n) is 6.08. The maximum atomic E-state index is 11.9. The van der Waals surface area contributed by atoms with Crippen molar-refractivity contribution in [3.8, 4) is 0 Å². The molecule has 1 aliphatic rings. The van der Waals surface area contributed by atoms with Crippen LogP contribution in [-0.2, 0) is 9.59 Å². The summed E-state index contributed by atoms with van der Waals surface area (Å²) in [7, 11) is 0. The van der Waals surface area contributed by atoms with Crippen molar-refractivity contribution in [3.05, 3.63) is 29.3 Å². The monoisotopic (exact) mass is 282 g/mol. The van der Waals surface area contributed by atoms with E-state index in [-0.39, 0.29) is 12.5 Å². The predicted molar refractivity (Wildman–Crippen MR) is 72.3 cm³/mol. The van der Waals surface area contributed by atoms with Crippen molar-refractivity contribution in [1.29, 1.82) is 0 Å². The third kappa shape index (κ3) is 3.68. The van der Waals surface area contributed by atoms with Crippen molar-refractivity contribution in [2.24, 2.45) is 0 Å². The number of nitrogens with one attached hydrogen (secondary N) is 1. The number of hydrogen-bond acceptors (Lipinski definition) is 3. The topological polar surface area (TPSA) is 69.6 Å². The molecule has 1 saturated heterocycles. The highest BCUT2D eigenvalue weighted by atomic mass is 35.5. The Morgan fingerprint density at radius 2 is 2.26 bits per heavy atom. The standard InChI is InChI=1S/C13H15ClN2O3/c14-9-3-1-4-10(7-9)15-12(17)8-16-6-2-5-11(16)13(18)19/h1,3-4,7,11H,2,5-6,8H2,(H,15,17)(H,18,19)/t11-/m1/s1. The summed E-state index contributed by atoms with van der Waals surface area (Å²) in [6.45, 7) is 0.726. The van der Waals surface area contributed by atoms with Gasteiger partial charge >= 0.3 is 5.97 Å². The van der Waals surface area contributed by atoms with Gasteiger partial charge in [0.1, 0.15) is 6.04 Å². The van der Waals surface area contributed by atoms with Crippen molar-refractivity contribution in [2.45, 2.75) is 18.9 Å². The summed E-state index contributed by atoms with van der Waals surface area (Å²) in [6, 6.07) is 6.30. The minimum Gasteiger partial charge on any atom is -0.480 e. The lowest BCUT2D eigenvalue weighted by Crippen LogP contribution is -2.40. The van der Waals surface area contributed by atoms with Gasteiger partial charge in [-0.2, -0.15) is 0 Å². The number of hydrogen-bond donors (Lipinski definition) is 2. The van der Waals surface area contributed by atoms with Crippen LogP contribution in [-0.4, -0.2) is 41.0 Å². The summed E-state index contributed by atoms with van der Waals surface area (Å²) >= 11 is 5.82. The normalized spacial score (nSPS) is 19.3. The molecule has 2 rings (SSSR count). The van der Waals surface area contributed by atoms with Crippen molar-refractivity contribution < 1.29 is 14.7 Å². The van der Waals surface area contributed by atoms with Crippen molar-refractivity contribution in [1.82, 2.24) is 4.90 Å². The summed E-state index contributed by atoms with van der Waals surface area (Å²) in [5.41, 5.74) is 0.614. The average molecular weight is 283 g/mol. The molecule has 0 bridgehead atoms. The van der Waals surface area contributed by atoms with Gasteiger partial charge in [-0.05, 0) is 37.6 Å². The lowest BCUT2D eigenvalue weighted by molar-refractivity contribution is -0.142. The molecule has 0 aromatic heterocycles. The number of anilines is 1. The van der Waals surface area contributed by atoms with Crippen LogP contribution in [0.1, 0.15) is 12.8 Å². The maximum absolute atomic E-state index is 11.9. The number of carboxylic acids is 1. The van der Waals surface area contributed by atoms with Gasteiger partial charge in [0.25, 0.3) is 0 Å². The molecule has 1 heterocycles. The van der Waals surface area contributed by atoms with Crippen molar-refractivity contribution in [3.63, 3.8) is 0 Å². The Bertz CT molecular complexity index is 493. The van der Waals surface area contributed by atoms with E-state index in [1.54, 1.807) is 29.2 Å². The lowest BCUT2D eigenvalue weighted by atomic mass is 10.2. The van der Waals surface area contributed by atoms with E-state index in [1.807, 2.05) is 0 Å². The highest BCUT2D eigenvalue weighted by molar-refractivity contribution is 6.30. The van der Waals surface area contributed by atoms with Gasteiger partial charge in [0.05, 0.1) is 6.54 Å². The second-order valence-corrected chi connectivity index (χ2v) is 4.96. The molecule has 1 aromatic rings. The molecular weight excluding hydrogens is 268 g/mol. The summed E-state index contributed by atoms with van der Waals surface area (Å²) in [6.07, 6.45) is 1.40. The van der Waals surface area contributed by atoms with Crippen LogP contribution >= 0.6 is 11.6 Å². The molecule has 0 radical (unpaired) electrons. The van der Waals surface area contributed by atoms with Gasteiger partial charge < -0.3 is 10.4 Å². The van der Waals surface area contributed by atoms with Gasteiger partial charge in [0.15, 0.2) is 0 Å². The number of nitrogens with zero attached hydrogens (tertiary/aromatic N) is 1. The highest BCUT2D eigenvalue weighted by Crippen LogP contribution is 2.18. The number of benzene rings is 1. The number of halogens is 1. The molecule has 0 aliphatic carbocycles. The minimum absolute atomic E-state index is 0.0868. The molecule has 19 heavy (non-hydrogen) atoms. The predicted octanol–water partition coefficient (Wildman–Crippen LogP) is 1.83. The summed E-state index contributed by atoms with van der Waals surface area (Å²) < 4.78 is 0. The molecule has 0 spiro atoms. The Kier molecular flexibility index (Phi) is 4.39. The van der Waals surface area contributed by atoms with Crippen LogP contribution in [0.2, 0.25) is 5.02 Å². The Hall–Kier alpha value is -1.59. The Morgan fingerprint density at radius 1 is 1.47 bits per heavy atom. The molecule has 102 valence electrons. The second-order valence-electron chi connectivity index (χ2n) is 4.53. The quantitative estimate of drug-likeness (QED) is 0.884. The lowest BCUT2D eigenvalue weighted by Gasteiger charge is -2.20. The molecule has 5 nitrogen and oxygen atoms in total. The molecule has 1 fully saturated rings. The molecule has 1 aromatic carbocycles. The number of carbonyl (C=O) groups excluding carboxylic acids is 1. The van der Waals surface area contributed by atoms with E-state index < -0.39 is 12.0 Å². The maximum Gasteiger partial charge on any atom is 0.320 e. The number of rotatable bonds is 4. The number of aliphatic carboxylic acids is 1. The average Bonchev–Trinajstić information content (AvgIpc) is 2.76. The molecule has 0 unspecified atom stereocenters. The highest BCUT2D eigenvalue weighted by Gasteiger charge is 2.31. The zero-order valence-electron chi connectivity index (χ0n) is 10.3. The molecule has 1 atom stereocenters. The van der Waals surface area contributed by atoms with Crippen LogP contribution in [0.5, 0.6) is 0 Å². The number of amides is 1. The summed E-state index contributed by atoms with van der Waals surface area (Å²) in [4.78, 5) is 24.5. The minimum atomic E-state index is -0.868. The molecule has 0 saturated carbocycles. The molecule has 1 amide bonds. The van der Waals surface area contributed by atoms with E-state index in [1.165, 1.54) is 0 Å². The summed E-state index contributed by atoms with van der Waals surface area (Å²) in [5.74, 6) is -1.09. The Balaban J connectivity index is 1.92. The van der Waals surface area contributed by atoms with Crippen LogP contribution in [0.3, 0.4) is 0 Å². The van der Waals surface area contributed by atoms with Crippen LogP contribution in [0.15, 0.2) is 24.3 Å². The number of carbonyl (C=O) groups is 2. The fraction of sp³-hybridized carbons (Fsp3) is 0.385. The van der Waals surface area contributed by atoms with Gasteiger partial charge in [0, 0.05) is 10.7 Å². The van der Waals surface area contributed by atoms with Crippen LogP contribution in [0.25, 0.3) is 0 Å². The third-order valence-corrected chi connectivity index (χ3v) is 3.34. The second kappa shape index (κ2) is 6.04. The Morgan fingerprint density at radius 3 is 2.95 bits per heavy atom. The first kappa shape index (κ1) is 13.8. The van der Waals surface area contributed by atoms with E-state index in [0.717, 1.165) is 6.42 Å². The zero-order chi connectivity index (χ0) is 13.8. The van der Waals surface area contributed by atoms with E-state index in [2.05, 4.69) is 5.32 Å². The van der Waals surface area contributed by atoms with Gasteiger partial charge in [-0.3, -0.25) is 14.5 Å². The van der Waals surface area contributed by atoms with E-state index in [4.69, 9.17) is 16.7 Å². The summed E-state index contributed by atoms with van der Waals surface area (Å²) in [5, 5.41) is 12.3. The van der Waals surface area contributed by atoms with Gasteiger partial charge in [-0.25, -0.2) is 0 Å². The first-order valence-corrected chi connectivity index (χ1v) is 6.46. The van der Waals surface area contributed by atoms with E-state index >= 15 is 0 Å². The van der Waals surface area contributed by atoms with Gasteiger partial charge in [-0.1, -0.05) is 17.7 Å². The van der Waals surface area contributed by atoms with Crippen LogP contribution < -0.4 is 5.32 Å². The zero-order valence-corrected chi connectivity index (χ0v) is 11.1. The Labute approximate surface area is 116 Å². The van der Waals surface area contributed by atoms with Crippen molar-refractivity contribution >= 4 is 29.2 Å². The number of likely N-dealkylation sites (tertiary alicyclic amines) is 1. The van der Waals surface area contributed by atoms with Gasteiger partial charge in [-0.15, -0.1) is 0 Å². The third-order valence-electron chi connectivity index (χ3n) is 3.10. The van der Waals surface area contributed by atoms with Crippen LogP contribution in [0, 0.1) is 0 Å². The van der Waals surface area contributed by atoms with Crippen molar-refractivity contribution in [2.75, 3.05) is 18.4 Å². The van der Waals surface area contributed by atoms with Crippen LogP contribution in [0.4, 0.5) is 5.69 Å². The largest absolute Gasteiger partial charge is 0.480 e. The molecule has 6 heteroatoms. The van der Waals surface area contributed by atoms with Gasteiger partial charge in [0.2, 0.25) is 5.91 Å². The first-order chi connectivity index (χ1) is 9.06. The fourth-order valence-corrected chi connectivity index (χ4v) is 2.44. The smallest absolute Gasteiger partial charge is 0.320 e. The fourth-order valence-electron chi connectivity index (χ4n) is 2.25. The number of carboxylic acid groups (broad SMARTS) is 1. The molecule has 2 N–H and O–H groups in total. The SMILES string of the molecule is O=C(CN1CCC[C@@H]1C(=O)O)Nc1cccc(Cl)c1. The molecular formula is C13H15ClN2O3. The molecule has 1 aliphatic heterocycles. The van der Waals surface area contributed by atoms with E-state index in [9.17, 15) is 9.59 Å². The van der Waals surface area contributed by atoms with E-state index in [0.29, 0.717) is 23.7 Å².